The fourth-order valence-corrected chi connectivity index (χ4v) is 1.47. The molecule has 0 aromatic heterocycles. The summed E-state index contributed by atoms with van der Waals surface area (Å²) in [6.45, 7) is 7.59. The molecule has 0 aliphatic heterocycles. The van der Waals surface area contributed by atoms with Crippen LogP contribution in [0.25, 0.3) is 0 Å². The molecule has 4 heteroatoms. The molecule has 18 heavy (non-hydrogen) atoms. The predicted octanol–water partition coefficient (Wildman–Crippen LogP) is 3.27. The first-order valence-electron chi connectivity index (χ1n) is 5.88. The highest BCUT2D eigenvalue weighted by molar-refractivity contribution is 5.88. The maximum atomic E-state index is 11.4. The highest BCUT2D eigenvalue weighted by atomic mass is 16.6. The van der Waals surface area contributed by atoms with Gasteiger partial charge in [0, 0.05) is 0 Å². The number of rotatable bonds is 9. The first-order chi connectivity index (χ1) is 8.56. The van der Waals surface area contributed by atoms with Crippen molar-refractivity contribution in [2.75, 3.05) is 14.2 Å². The lowest BCUT2D eigenvalue weighted by molar-refractivity contribution is -0.136. The number of hydrogen-bond donors (Lipinski definition) is 1. The molecule has 0 aromatic carbocycles. The van der Waals surface area contributed by atoms with Crippen LogP contribution in [0.5, 0.6) is 0 Å². The minimum Gasteiger partial charge on any atom is -0.481 e. The Morgan fingerprint density at radius 1 is 1.22 bits per heavy atom. The van der Waals surface area contributed by atoms with E-state index in [0.29, 0.717) is 12.8 Å². The van der Waals surface area contributed by atoms with Crippen LogP contribution in [0.1, 0.15) is 32.1 Å². The average Bonchev–Trinajstić information content (AvgIpc) is 2.38. The second-order valence-electron chi connectivity index (χ2n) is 3.91. The Morgan fingerprint density at radius 3 is 2.39 bits per heavy atom. The number of methoxy groups -OCH3 is 2. The number of unbranched alkanes of at least 4 members (excludes halogenated alkanes) is 1. The van der Waals surface area contributed by atoms with Crippen LogP contribution in [0.2, 0.25) is 0 Å². The van der Waals surface area contributed by atoms with Crippen LogP contribution in [0.4, 0.5) is 0 Å². The molecule has 0 aliphatic carbocycles. The van der Waals surface area contributed by atoms with Gasteiger partial charge < -0.3 is 14.6 Å². The summed E-state index contributed by atoms with van der Waals surface area (Å²) in [4.78, 5) is 11.4. The maximum absolute atomic E-state index is 11.4. The van der Waals surface area contributed by atoms with Gasteiger partial charge in [0.05, 0.1) is 14.2 Å². The van der Waals surface area contributed by atoms with Crippen molar-refractivity contribution in [3.05, 3.63) is 36.3 Å². The van der Waals surface area contributed by atoms with Crippen molar-refractivity contribution in [1.82, 2.24) is 0 Å². The molecule has 0 spiro atoms. The van der Waals surface area contributed by atoms with Gasteiger partial charge in [-0.15, -0.1) is 6.58 Å². The Labute approximate surface area is 109 Å². The van der Waals surface area contributed by atoms with Crippen LogP contribution < -0.4 is 0 Å². The molecule has 0 amide bonds. The summed E-state index contributed by atoms with van der Waals surface area (Å²) in [6.07, 6.45) is 5.67. The first-order valence-corrected chi connectivity index (χ1v) is 5.88. The number of allylic oxidation sites excluding steroid dienone is 2. The van der Waals surface area contributed by atoms with Gasteiger partial charge >= 0.3 is 5.97 Å². The normalized spacial score (nSPS) is 11.4. The Morgan fingerprint density at radius 2 is 1.89 bits per heavy atom. The highest BCUT2D eigenvalue weighted by Crippen LogP contribution is 2.18. The van der Waals surface area contributed by atoms with E-state index in [1.165, 1.54) is 14.2 Å². The van der Waals surface area contributed by atoms with Crippen molar-refractivity contribution in [3.63, 3.8) is 0 Å². The van der Waals surface area contributed by atoms with Gasteiger partial charge in [0.1, 0.15) is 5.57 Å². The zero-order valence-electron chi connectivity index (χ0n) is 11.2. The summed E-state index contributed by atoms with van der Waals surface area (Å²) < 4.78 is 9.24. The second-order valence-corrected chi connectivity index (χ2v) is 3.91. The van der Waals surface area contributed by atoms with Crippen LogP contribution >= 0.6 is 0 Å². The molecule has 0 fully saturated rings. The summed E-state index contributed by atoms with van der Waals surface area (Å²) >= 11 is 0. The SMILES string of the molecule is C=CCCCC(=C)CC/C(C(=O)OC)=C(/O)OC. The smallest absolute Gasteiger partial charge is 0.340 e. The van der Waals surface area contributed by atoms with Gasteiger partial charge in [-0.05, 0) is 32.1 Å². The van der Waals surface area contributed by atoms with E-state index in [1.54, 1.807) is 0 Å². The number of ether oxygens (including phenoxy) is 2. The van der Waals surface area contributed by atoms with Crippen LogP contribution in [0.3, 0.4) is 0 Å². The van der Waals surface area contributed by atoms with Crippen LogP contribution in [0, 0.1) is 0 Å². The van der Waals surface area contributed by atoms with Crippen molar-refractivity contribution in [2.45, 2.75) is 32.1 Å². The van der Waals surface area contributed by atoms with Crippen LogP contribution in [-0.2, 0) is 14.3 Å². The van der Waals surface area contributed by atoms with E-state index in [1.807, 2.05) is 6.08 Å². The summed E-state index contributed by atoms with van der Waals surface area (Å²) in [5.74, 6) is -0.964. The third kappa shape index (κ3) is 6.13. The van der Waals surface area contributed by atoms with Gasteiger partial charge in [-0.3, -0.25) is 0 Å². The molecule has 0 radical (unpaired) electrons. The third-order valence-electron chi connectivity index (χ3n) is 2.55. The molecule has 102 valence electrons. The summed E-state index contributed by atoms with van der Waals surface area (Å²) in [5, 5.41) is 9.46. The number of aliphatic hydroxyl groups is 1. The molecular formula is C14H22O4. The highest BCUT2D eigenvalue weighted by Gasteiger charge is 2.16. The quantitative estimate of drug-likeness (QED) is 0.225. The Bertz CT molecular complexity index is 329. The van der Waals surface area contributed by atoms with E-state index in [2.05, 4.69) is 22.6 Å². The van der Waals surface area contributed by atoms with Gasteiger partial charge in [0.25, 0.3) is 5.95 Å². The molecular weight excluding hydrogens is 232 g/mol. The van der Waals surface area contributed by atoms with Crippen molar-refractivity contribution in [2.24, 2.45) is 0 Å². The van der Waals surface area contributed by atoms with Crippen molar-refractivity contribution in [1.29, 1.82) is 0 Å². The lowest BCUT2D eigenvalue weighted by Gasteiger charge is -2.09. The molecule has 0 saturated heterocycles. The molecule has 0 rings (SSSR count). The molecule has 0 atom stereocenters. The number of esters is 1. The van der Waals surface area contributed by atoms with Gasteiger partial charge in [0.2, 0.25) is 0 Å². The molecule has 4 nitrogen and oxygen atoms in total. The van der Waals surface area contributed by atoms with Crippen molar-refractivity contribution >= 4 is 5.97 Å². The Kier molecular flexibility index (Phi) is 8.45. The number of hydrogen-bond acceptors (Lipinski definition) is 4. The fraction of sp³-hybridized carbons (Fsp3) is 0.500. The minimum absolute atomic E-state index is 0.143. The van der Waals surface area contributed by atoms with Gasteiger partial charge in [-0.25, -0.2) is 4.79 Å². The number of carbonyl (C=O) groups is 1. The molecule has 0 unspecified atom stereocenters. The second kappa shape index (κ2) is 9.33. The van der Waals surface area contributed by atoms with Crippen LogP contribution in [0.15, 0.2) is 36.3 Å². The van der Waals surface area contributed by atoms with Gasteiger partial charge in [0.15, 0.2) is 0 Å². The molecule has 0 aliphatic rings. The zero-order chi connectivity index (χ0) is 14.0. The molecule has 0 bridgehead atoms. The van der Waals surface area contributed by atoms with Gasteiger partial charge in [-0.2, -0.15) is 0 Å². The van der Waals surface area contributed by atoms with Gasteiger partial charge in [-0.1, -0.05) is 18.2 Å². The fourth-order valence-electron chi connectivity index (χ4n) is 1.47. The van der Waals surface area contributed by atoms with E-state index in [4.69, 9.17) is 0 Å². The lowest BCUT2D eigenvalue weighted by atomic mass is 10.0. The summed E-state index contributed by atoms with van der Waals surface area (Å²) in [5.41, 5.74) is 1.17. The predicted molar refractivity (Wildman–Crippen MR) is 71.1 cm³/mol. The largest absolute Gasteiger partial charge is 0.481 e. The monoisotopic (exact) mass is 254 g/mol. The number of aliphatic hydroxyl groups excluding tert-OH is 1. The third-order valence-corrected chi connectivity index (χ3v) is 2.55. The van der Waals surface area contributed by atoms with E-state index in [9.17, 15) is 9.90 Å². The Balaban J connectivity index is 4.32. The Hall–Kier alpha value is -1.71. The molecule has 0 aromatic rings. The van der Waals surface area contributed by atoms with Crippen molar-refractivity contribution in [3.8, 4) is 0 Å². The van der Waals surface area contributed by atoms with E-state index < -0.39 is 5.97 Å². The molecule has 0 heterocycles. The van der Waals surface area contributed by atoms with E-state index in [0.717, 1.165) is 24.8 Å². The zero-order valence-corrected chi connectivity index (χ0v) is 11.2. The molecule has 1 N–H and O–H groups in total. The average molecular weight is 254 g/mol. The van der Waals surface area contributed by atoms with E-state index in [-0.39, 0.29) is 11.5 Å². The molecule has 0 saturated carbocycles. The summed E-state index contributed by atoms with van der Waals surface area (Å²) in [7, 11) is 2.57. The number of carbonyl (C=O) groups excluding carboxylic acids is 1. The standard InChI is InChI=1S/C14H22O4/c1-5-6-7-8-11(2)9-10-12(13(15)17-3)14(16)18-4/h5,15H,1-2,6-10H2,3-4H3/b13-12+. The maximum Gasteiger partial charge on any atom is 0.340 e. The van der Waals surface area contributed by atoms with Crippen LogP contribution in [-0.4, -0.2) is 25.3 Å². The minimum atomic E-state index is -0.576. The van der Waals surface area contributed by atoms with E-state index >= 15 is 0 Å². The lowest BCUT2D eigenvalue weighted by Crippen LogP contribution is -2.09. The topological polar surface area (TPSA) is 55.8 Å². The summed E-state index contributed by atoms with van der Waals surface area (Å²) in [6, 6.07) is 0. The van der Waals surface area contributed by atoms with Crippen molar-refractivity contribution < 1.29 is 19.4 Å². The first kappa shape index (κ1) is 16.3.